The number of nitrogens with zero attached hydrogens (tertiary/aromatic N) is 2. The van der Waals surface area contributed by atoms with E-state index in [-0.39, 0.29) is 0 Å². The molecule has 0 atom stereocenters. The van der Waals surface area contributed by atoms with Gasteiger partial charge in [-0.15, -0.1) is 0 Å². The summed E-state index contributed by atoms with van der Waals surface area (Å²) in [6, 6.07) is 4.17. The highest BCUT2D eigenvalue weighted by atomic mass is 35.5. The van der Waals surface area contributed by atoms with Gasteiger partial charge in [-0.1, -0.05) is 43.3 Å². The van der Waals surface area contributed by atoms with Gasteiger partial charge in [0.1, 0.15) is 0 Å². The summed E-state index contributed by atoms with van der Waals surface area (Å²) < 4.78 is 0. The molecule has 0 saturated carbocycles. The Morgan fingerprint density at radius 2 is 2.12 bits per heavy atom. The van der Waals surface area contributed by atoms with Crippen LogP contribution in [-0.4, -0.2) is 28.1 Å². The average molecular weight is 365 g/mol. The van der Waals surface area contributed by atoms with Gasteiger partial charge in [0.15, 0.2) is 5.16 Å². The second-order valence-electron chi connectivity index (χ2n) is 6.78. The van der Waals surface area contributed by atoms with Gasteiger partial charge in [0, 0.05) is 30.1 Å². The summed E-state index contributed by atoms with van der Waals surface area (Å²) in [5.74, 6) is 7.44. The monoisotopic (exact) mass is 364 g/mol. The van der Waals surface area contributed by atoms with Gasteiger partial charge in [0.2, 0.25) is 0 Å². The lowest BCUT2D eigenvalue weighted by Gasteiger charge is -2.13. The molecule has 130 valence electrons. The molecule has 2 heterocycles. The molecule has 1 aliphatic heterocycles. The molecule has 0 fully saturated rings. The smallest absolute Gasteiger partial charge is 0.165 e. The molecule has 1 aliphatic rings. The molecule has 3 rings (SSSR count). The van der Waals surface area contributed by atoms with Crippen molar-refractivity contribution in [2.45, 2.75) is 44.0 Å². The van der Waals surface area contributed by atoms with Gasteiger partial charge in [-0.25, -0.2) is 9.99 Å². The van der Waals surface area contributed by atoms with Gasteiger partial charge in [0.25, 0.3) is 0 Å². The fourth-order valence-electron chi connectivity index (χ4n) is 3.12. The number of thioether (sulfide) groups is 1. The number of nitrogens with two attached hydrogens (primary N) is 1. The summed E-state index contributed by atoms with van der Waals surface area (Å²) in [5, 5.41) is 3.71. The van der Waals surface area contributed by atoms with E-state index in [1.807, 2.05) is 17.3 Å². The van der Waals surface area contributed by atoms with Crippen molar-refractivity contribution in [3.8, 4) is 0 Å². The summed E-state index contributed by atoms with van der Waals surface area (Å²) in [6.45, 7) is 6.20. The molecule has 0 aliphatic carbocycles. The number of aromatic nitrogens is 2. The van der Waals surface area contributed by atoms with Crippen molar-refractivity contribution in [2.24, 2.45) is 11.8 Å². The number of halogens is 1. The van der Waals surface area contributed by atoms with E-state index in [4.69, 9.17) is 17.4 Å². The van der Waals surface area contributed by atoms with E-state index >= 15 is 0 Å². The van der Waals surface area contributed by atoms with Crippen LogP contribution in [-0.2, 0) is 25.0 Å². The first-order valence-corrected chi connectivity index (χ1v) is 9.85. The van der Waals surface area contributed by atoms with Crippen molar-refractivity contribution in [1.29, 1.82) is 0 Å². The zero-order chi connectivity index (χ0) is 17.1. The van der Waals surface area contributed by atoms with Crippen LogP contribution in [0.25, 0.3) is 0 Å². The molecule has 0 unspecified atom stereocenters. The Morgan fingerprint density at radius 3 is 2.92 bits per heavy atom. The zero-order valence-corrected chi connectivity index (χ0v) is 15.9. The Hall–Kier alpha value is -1.01. The normalized spacial score (nSPS) is 15.5. The molecule has 0 bridgehead atoms. The predicted molar refractivity (Wildman–Crippen MR) is 101 cm³/mol. The molecule has 1 aromatic heterocycles. The lowest BCUT2D eigenvalue weighted by molar-refractivity contribution is 0.298. The maximum Gasteiger partial charge on any atom is 0.165 e. The highest BCUT2D eigenvalue weighted by Gasteiger charge is 2.17. The quantitative estimate of drug-likeness (QED) is 0.625. The van der Waals surface area contributed by atoms with Crippen LogP contribution in [0.4, 0.5) is 0 Å². The number of H-pyrrole nitrogens is 1. The molecular formula is C18H25ClN4S. The Morgan fingerprint density at radius 1 is 1.33 bits per heavy atom. The fourth-order valence-corrected chi connectivity index (χ4v) is 4.38. The summed E-state index contributed by atoms with van der Waals surface area (Å²) >= 11 is 8.22. The Kier molecular flexibility index (Phi) is 5.87. The topological polar surface area (TPSA) is 57.9 Å². The summed E-state index contributed by atoms with van der Waals surface area (Å²) in [5.41, 5.74) is 5.11. The number of aromatic amines is 1. The molecule has 3 N–H and O–H groups in total. The summed E-state index contributed by atoms with van der Waals surface area (Å²) in [7, 11) is 0. The number of benzene rings is 1. The molecule has 24 heavy (non-hydrogen) atoms. The Bertz CT molecular complexity index is 698. The first-order chi connectivity index (χ1) is 11.5. The largest absolute Gasteiger partial charge is 0.339 e. The third-order valence-electron chi connectivity index (χ3n) is 4.37. The van der Waals surface area contributed by atoms with Crippen LogP contribution in [0, 0.1) is 5.92 Å². The maximum absolute atomic E-state index is 6.50. The molecule has 4 nitrogen and oxygen atoms in total. The molecule has 6 heteroatoms. The predicted octanol–water partition coefficient (Wildman–Crippen LogP) is 3.83. The molecule has 0 saturated heterocycles. The average Bonchev–Trinajstić information content (AvgIpc) is 2.88. The van der Waals surface area contributed by atoms with Crippen LogP contribution in [0.2, 0.25) is 5.02 Å². The van der Waals surface area contributed by atoms with Gasteiger partial charge < -0.3 is 4.98 Å². The Labute approximate surface area is 153 Å². The van der Waals surface area contributed by atoms with Crippen molar-refractivity contribution in [3.05, 3.63) is 45.7 Å². The van der Waals surface area contributed by atoms with Crippen molar-refractivity contribution < 1.29 is 0 Å². The van der Waals surface area contributed by atoms with Crippen LogP contribution in [0.3, 0.4) is 0 Å². The van der Waals surface area contributed by atoms with E-state index in [9.17, 15) is 0 Å². The van der Waals surface area contributed by atoms with Crippen LogP contribution in [0.15, 0.2) is 23.5 Å². The van der Waals surface area contributed by atoms with E-state index in [0.717, 1.165) is 54.0 Å². The van der Waals surface area contributed by atoms with Gasteiger partial charge in [-0.05, 0) is 47.9 Å². The first kappa shape index (κ1) is 17.8. The van der Waals surface area contributed by atoms with Crippen molar-refractivity contribution in [1.82, 2.24) is 15.0 Å². The zero-order valence-electron chi connectivity index (χ0n) is 14.3. The highest BCUT2D eigenvalue weighted by molar-refractivity contribution is 7.98. The molecule has 1 aromatic carbocycles. The summed E-state index contributed by atoms with van der Waals surface area (Å²) in [4.78, 5) is 7.95. The molecule has 0 spiro atoms. The van der Waals surface area contributed by atoms with E-state index in [0.29, 0.717) is 5.92 Å². The number of hydrogen-bond donors (Lipinski definition) is 2. The standard InChI is InChI=1S/C18H25ClN4S/c1-12(2)9-14-10-21-18(22-14)24-11-16-15-6-8-23(20)7-5-13(15)3-4-17(16)19/h3-4,10,12H,5-9,11,20H2,1-2H3,(H,21,22). The molecule has 2 aromatic rings. The van der Waals surface area contributed by atoms with Crippen LogP contribution in [0.1, 0.15) is 36.2 Å². The number of nitrogens with one attached hydrogen (secondary N) is 1. The second-order valence-corrected chi connectivity index (χ2v) is 8.15. The van der Waals surface area contributed by atoms with Crippen molar-refractivity contribution in [2.75, 3.05) is 13.1 Å². The Balaban J connectivity index is 1.74. The highest BCUT2D eigenvalue weighted by Crippen LogP contribution is 2.31. The van der Waals surface area contributed by atoms with E-state index in [1.54, 1.807) is 11.8 Å². The van der Waals surface area contributed by atoms with E-state index < -0.39 is 0 Å². The summed E-state index contributed by atoms with van der Waals surface area (Å²) in [6.07, 6.45) is 4.96. The van der Waals surface area contributed by atoms with Crippen molar-refractivity contribution >= 4 is 23.4 Å². The number of hydrazine groups is 1. The lowest BCUT2D eigenvalue weighted by atomic mass is 9.98. The third kappa shape index (κ3) is 4.33. The number of rotatable bonds is 5. The number of imidazole rings is 1. The maximum atomic E-state index is 6.50. The number of fused-ring (bicyclic) bond motifs is 1. The van der Waals surface area contributed by atoms with Crippen molar-refractivity contribution in [3.63, 3.8) is 0 Å². The third-order valence-corrected chi connectivity index (χ3v) is 5.64. The van der Waals surface area contributed by atoms with Crippen LogP contribution >= 0.6 is 23.4 Å². The lowest BCUT2D eigenvalue weighted by Crippen LogP contribution is -2.33. The van der Waals surface area contributed by atoms with Gasteiger partial charge in [-0.2, -0.15) is 0 Å². The second kappa shape index (κ2) is 7.91. The van der Waals surface area contributed by atoms with Crippen LogP contribution < -0.4 is 5.84 Å². The van der Waals surface area contributed by atoms with Gasteiger partial charge in [0.05, 0.1) is 5.69 Å². The van der Waals surface area contributed by atoms with E-state index in [2.05, 4.69) is 29.9 Å². The van der Waals surface area contributed by atoms with Gasteiger partial charge >= 0.3 is 0 Å². The van der Waals surface area contributed by atoms with E-state index in [1.165, 1.54) is 16.7 Å². The minimum atomic E-state index is 0.615. The number of hydrogen-bond acceptors (Lipinski definition) is 4. The minimum absolute atomic E-state index is 0.615. The SMILES string of the molecule is CC(C)Cc1c[nH]c(SCc2c(Cl)ccc3c2CCN(N)CC3)n1. The minimum Gasteiger partial charge on any atom is -0.339 e. The molecule has 0 amide bonds. The first-order valence-electron chi connectivity index (χ1n) is 8.48. The van der Waals surface area contributed by atoms with Crippen LogP contribution in [0.5, 0.6) is 0 Å². The fraction of sp³-hybridized carbons (Fsp3) is 0.500. The van der Waals surface area contributed by atoms with Gasteiger partial charge in [-0.3, -0.25) is 5.84 Å². The molecular weight excluding hydrogens is 340 g/mol. The molecule has 0 radical (unpaired) electrons.